The summed E-state index contributed by atoms with van der Waals surface area (Å²) in [5.41, 5.74) is 0.479. The molecule has 3 aliphatic rings. The zero-order valence-electron chi connectivity index (χ0n) is 33.9. The fraction of sp³-hybridized carbons (Fsp3) is 0.579. The molecule has 2 aliphatic heterocycles. The van der Waals surface area contributed by atoms with Crippen molar-refractivity contribution in [3.05, 3.63) is 42.1 Å². The van der Waals surface area contributed by atoms with Gasteiger partial charge in [0.05, 0.1) is 26.4 Å². The van der Waals surface area contributed by atoms with E-state index < -0.39 is 63.1 Å². The van der Waals surface area contributed by atoms with Crippen LogP contribution >= 0.6 is 8.03 Å². The minimum absolute atomic E-state index is 0.0308. The lowest BCUT2D eigenvalue weighted by molar-refractivity contribution is -0.199. The summed E-state index contributed by atoms with van der Waals surface area (Å²) < 4.78 is 53.6. The van der Waals surface area contributed by atoms with E-state index in [2.05, 4.69) is 10.3 Å². The number of piperazine rings is 1. The van der Waals surface area contributed by atoms with E-state index >= 15 is 0 Å². The van der Waals surface area contributed by atoms with Crippen molar-refractivity contribution in [3.63, 3.8) is 0 Å². The normalized spacial score (nSPS) is 18.7. The van der Waals surface area contributed by atoms with Crippen molar-refractivity contribution >= 4 is 50.2 Å². The van der Waals surface area contributed by atoms with Crippen molar-refractivity contribution in [2.45, 2.75) is 59.2 Å². The van der Waals surface area contributed by atoms with Crippen molar-refractivity contribution in [3.8, 4) is 11.4 Å². The Morgan fingerprint density at radius 2 is 1.40 bits per heavy atom. The number of rotatable bonds is 18. The summed E-state index contributed by atoms with van der Waals surface area (Å²) in [5, 5.41) is 2.64. The van der Waals surface area contributed by atoms with Gasteiger partial charge in [-0.2, -0.15) is 0 Å². The van der Waals surface area contributed by atoms with E-state index in [4.69, 9.17) is 42.7 Å². The van der Waals surface area contributed by atoms with Gasteiger partial charge in [-0.05, 0) is 31.8 Å². The number of carbonyl (C=O) groups excluding carboxylic acids is 6. The summed E-state index contributed by atoms with van der Waals surface area (Å²) in [7, 11) is -3.04. The molecule has 1 N–H and O–H groups in total. The van der Waals surface area contributed by atoms with Gasteiger partial charge in [-0.3, -0.25) is 9.59 Å². The Morgan fingerprint density at radius 3 is 2.00 bits per heavy atom. The first kappa shape index (κ1) is 45.3. The molecular weight excluding hydrogens is 811 g/mol. The molecule has 1 aromatic heterocycles. The van der Waals surface area contributed by atoms with Crippen LogP contribution in [-0.2, 0) is 47.0 Å². The van der Waals surface area contributed by atoms with Crippen molar-refractivity contribution in [1.29, 1.82) is 0 Å². The second-order valence-electron chi connectivity index (χ2n) is 13.6. The van der Waals surface area contributed by atoms with Crippen LogP contribution in [0.4, 0.5) is 25.0 Å². The number of hydrogen-bond acceptors (Lipinski definition) is 18. The van der Waals surface area contributed by atoms with Crippen LogP contribution in [0, 0.1) is 11.8 Å². The number of carbonyl (C=O) groups is 6. The molecule has 1 aromatic carbocycles. The maximum Gasteiger partial charge on any atom is 0.518 e. The number of aromatic nitrogens is 2. The molecule has 5 rings (SSSR count). The quantitative estimate of drug-likeness (QED) is 0.0721. The molecule has 1 saturated carbocycles. The van der Waals surface area contributed by atoms with E-state index in [1.54, 1.807) is 31.2 Å². The van der Waals surface area contributed by atoms with Crippen molar-refractivity contribution in [1.82, 2.24) is 25.1 Å². The van der Waals surface area contributed by atoms with Gasteiger partial charge in [0.1, 0.15) is 17.6 Å². The number of fused-ring (bicyclic) bond motifs is 1. The van der Waals surface area contributed by atoms with Gasteiger partial charge >= 0.3 is 39.1 Å². The predicted molar refractivity (Wildman–Crippen MR) is 208 cm³/mol. The van der Waals surface area contributed by atoms with Gasteiger partial charge in [-0.1, -0.05) is 48.2 Å². The summed E-state index contributed by atoms with van der Waals surface area (Å²) in [6.45, 7) is 5.99. The van der Waals surface area contributed by atoms with Gasteiger partial charge in [0.2, 0.25) is 12.1 Å². The van der Waals surface area contributed by atoms with Gasteiger partial charge < -0.3 is 53.2 Å². The number of ether oxygens (including phenoxy) is 7. The van der Waals surface area contributed by atoms with Crippen molar-refractivity contribution in [2.24, 2.45) is 11.8 Å². The molecule has 2 aromatic rings. The lowest BCUT2D eigenvalue weighted by Gasteiger charge is -2.35. The van der Waals surface area contributed by atoms with Crippen LogP contribution in [0.3, 0.4) is 0 Å². The zero-order valence-corrected chi connectivity index (χ0v) is 34.7. The molecule has 5 atom stereocenters. The third-order valence-electron chi connectivity index (χ3n) is 9.53. The lowest BCUT2D eigenvalue weighted by Crippen LogP contribution is -2.56. The number of unbranched alkanes of at least 4 members (excludes halogenated alkanes) is 1. The predicted octanol–water partition coefficient (Wildman–Crippen LogP) is 4.32. The maximum atomic E-state index is 14.2. The first-order valence-corrected chi connectivity index (χ1v) is 21.1. The molecule has 1 aliphatic carbocycles. The molecule has 22 heteroatoms. The molecule has 3 heterocycles. The van der Waals surface area contributed by atoms with E-state index in [0.717, 1.165) is 6.42 Å². The van der Waals surface area contributed by atoms with Crippen LogP contribution in [0.5, 0.6) is 0 Å². The Hall–Kier alpha value is -5.82. The third kappa shape index (κ3) is 12.6. The fourth-order valence-electron chi connectivity index (χ4n) is 6.48. The highest BCUT2D eigenvalue weighted by atomic mass is 31.1. The van der Waals surface area contributed by atoms with Crippen LogP contribution in [0.2, 0.25) is 0 Å². The molecule has 326 valence electrons. The van der Waals surface area contributed by atoms with E-state index in [9.17, 15) is 33.3 Å². The fourth-order valence-corrected chi connectivity index (χ4v) is 7.39. The number of nitrogens with one attached hydrogen (secondary N) is 1. The molecule has 21 nitrogen and oxygen atoms in total. The Morgan fingerprint density at radius 1 is 0.800 bits per heavy atom. The van der Waals surface area contributed by atoms with Crippen LogP contribution in [0.1, 0.15) is 51.0 Å². The molecule has 2 saturated heterocycles. The number of piperidine rings is 1. The molecule has 0 spiro atoms. The summed E-state index contributed by atoms with van der Waals surface area (Å²) in [4.78, 5) is 91.0. The number of nitrogens with zero attached hydrogens (tertiary/aromatic N) is 5. The minimum atomic E-state index is -3.04. The van der Waals surface area contributed by atoms with Crippen LogP contribution in [0.15, 0.2) is 36.4 Å². The van der Waals surface area contributed by atoms with E-state index in [1.807, 2.05) is 17.9 Å². The van der Waals surface area contributed by atoms with Gasteiger partial charge in [0.15, 0.2) is 11.9 Å². The lowest BCUT2D eigenvalue weighted by atomic mass is 10.2. The Labute approximate surface area is 347 Å². The Kier molecular flexibility index (Phi) is 16.6. The van der Waals surface area contributed by atoms with Crippen LogP contribution < -0.4 is 10.2 Å². The summed E-state index contributed by atoms with van der Waals surface area (Å²) in [5.74, 6) is -0.816. The second kappa shape index (κ2) is 22.0. The summed E-state index contributed by atoms with van der Waals surface area (Å²) >= 11 is 0. The maximum absolute atomic E-state index is 14.2. The number of amides is 3. The van der Waals surface area contributed by atoms with Gasteiger partial charge in [0.25, 0.3) is 5.91 Å². The molecule has 3 fully saturated rings. The Balaban J connectivity index is 1.36. The number of benzene rings is 1. The molecule has 3 amide bonds. The highest BCUT2D eigenvalue weighted by molar-refractivity contribution is 7.39. The Bertz CT molecular complexity index is 1820. The zero-order chi connectivity index (χ0) is 43.2. The standard InChI is InChI=1S/C38H49N6O15P/c1-5-9-19-55-34(47)43-17-15-42(16-18-43)33(46)28(23-60(51)59-38(57-36(49)53-7-3)58-37(50)54-8-4)40-32(45)27-20-29(41-31(39-27)24-13-11-10-12-14-24)44-21-25-26(22-44)30(25)56-35(48)52-6-2/h10-14,20,25-26,28,30,38H,5-9,15-19,21-23H2,1-4H3/p+1/t25-,26+,28-,30?/m0/s1. The number of anilines is 1. The molecule has 2 unspecified atom stereocenters. The van der Waals surface area contributed by atoms with E-state index in [1.165, 1.54) is 29.7 Å². The molecule has 0 bridgehead atoms. The van der Waals surface area contributed by atoms with E-state index in [0.29, 0.717) is 30.9 Å². The average molecular weight is 862 g/mol. The minimum Gasteiger partial charge on any atom is -0.449 e. The third-order valence-corrected chi connectivity index (χ3v) is 10.6. The monoisotopic (exact) mass is 861 g/mol. The first-order valence-electron chi connectivity index (χ1n) is 19.8. The highest BCUT2D eigenvalue weighted by Gasteiger charge is 2.59. The van der Waals surface area contributed by atoms with Crippen LogP contribution in [-0.4, -0.2) is 147 Å². The van der Waals surface area contributed by atoms with Gasteiger partial charge in [0, 0.05) is 62.7 Å². The van der Waals surface area contributed by atoms with Crippen molar-refractivity contribution in [2.75, 3.05) is 76.8 Å². The second-order valence-corrected chi connectivity index (χ2v) is 14.9. The molecule has 60 heavy (non-hydrogen) atoms. The van der Waals surface area contributed by atoms with Gasteiger partial charge in [-0.25, -0.2) is 29.1 Å². The topological polar surface area (TPSA) is 241 Å². The molecular formula is C38H50N6O15P+. The van der Waals surface area contributed by atoms with E-state index in [-0.39, 0.29) is 82.1 Å². The highest BCUT2D eigenvalue weighted by Crippen LogP contribution is 2.49. The smallest absolute Gasteiger partial charge is 0.449 e. The first-order chi connectivity index (χ1) is 28.9. The van der Waals surface area contributed by atoms with Gasteiger partial charge in [-0.15, -0.1) is 0 Å². The summed E-state index contributed by atoms with van der Waals surface area (Å²) in [6.07, 6.45) is -3.31. The SMILES string of the molecule is CCCCOC(=O)N1CCN(C(=O)[C@H](C[P+](=O)OC(OC(=O)OCC)OC(=O)OCC)NC(=O)c2cc(N3C[C@@H]4C(OC(=O)OCC)[C@@H]4C3)nc(-c3ccccc3)n2)CC1. The largest absolute Gasteiger partial charge is 0.518 e. The molecule has 0 radical (unpaired) electrons. The summed E-state index contributed by atoms with van der Waals surface area (Å²) in [6, 6.07) is 8.85. The van der Waals surface area contributed by atoms with Crippen LogP contribution in [0.25, 0.3) is 11.4 Å². The number of hydrogen-bond donors (Lipinski definition) is 1. The average Bonchev–Trinajstić information content (AvgIpc) is 3.64. The van der Waals surface area contributed by atoms with Crippen molar-refractivity contribution < 1.29 is 71.0 Å².